The minimum absolute atomic E-state index is 0.0785. The number of hydrogen-bond donors (Lipinski definition) is 1. The highest BCUT2D eigenvalue weighted by Gasteiger charge is 2.51. The number of hydrogen-bond acceptors (Lipinski definition) is 2. The molecule has 2 atom stereocenters. The summed E-state index contributed by atoms with van der Waals surface area (Å²) in [4.78, 5) is 27.4. The molecule has 3 rings (SSSR count). The molecule has 0 saturated carbocycles. The average Bonchev–Trinajstić information content (AvgIpc) is 2.59. The Kier molecular flexibility index (Phi) is 4.86. The molecular formula is C22H25NO3. The van der Waals surface area contributed by atoms with Gasteiger partial charge in [0, 0.05) is 12.1 Å². The maximum atomic E-state index is 13.3. The second-order valence-corrected chi connectivity index (χ2v) is 7.69. The number of carboxylic acids is 1. The summed E-state index contributed by atoms with van der Waals surface area (Å²) in [6.45, 7) is 6.54. The van der Waals surface area contributed by atoms with E-state index in [0.29, 0.717) is 24.1 Å². The quantitative estimate of drug-likeness (QED) is 0.887. The van der Waals surface area contributed by atoms with Gasteiger partial charge in [0.15, 0.2) is 0 Å². The molecule has 1 heterocycles. The molecule has 2 aromatic rings. The van der Waals surface area contributed by atoms with Crippen molar-refractivity contribution in [1.29, 1.82) is 0 Å². The lowest BCUT2D eigenvalue weighted by molar-refractivity contribution is -0.142. The number of carbonyl (C=O) groups is 2. The van der Waals surface area contributed by atoms with Crippen LogP contribution in [0.5, 0.6) is 0 Å². The molecule has 1 amide bonds. The van der Waals surface area contributed by atoms with Crippen molar-refractivity contribution in [1.82, 2.24) is 4.90 Å². The first-order valence-electron chi connectivity index (χ1n) is 9.02. The van der Waals surface area contributed by atoms with Crippen LogP contribution in [-0.2, 0) is 11.2 Å². The average molecular weight is 351 g/mol. The van der Waals surface area contributed by atoms with Crippen molar-refractivity contribution in [3.8, 4) is 0 Å². The van der Waals surface area contributed by atoms with E-state index in [-0.39, 0.29) is 11.8 Å². The van der Waals surface area contributed by atoms with Crippen molar-refractivity contribution in [2.24, 2.45) is 5.92 Å². The molecule has 0 aliphatic carbocycles. The Morgan fingerprint density at radius 1 is 1.12 bits per heavy atom. The van der Waals surface area contributed by atoms with Gasteiger partial charge in [-0.15, -0.1) is 0 Å². The summed E-state index contributed by atoms with van der Waals surface area (Å²) in [6, 6.07) is 16.9. The Labute approximate surface area is 154 Å². The molecule has 0 radical (unpaired) electrons. The van der Waals surface area contributed by atoms with E-state index in [1.165, 1.54) is 0 Å². The summed E-state index contributed by atoms with van der Waals surface area (Å²) in [5.74, 6) is -1.49. The first-order valence-corrected chi connectivity index (χ1v) is 9.02. The lowest BCUT2D eigenvalue weighted by Gasteiger charge is -2.49. The largest absolute Gasteiger partial charge is 0.481 e. The third-order valence-corrected chi connectivity index (χ3v) is 5.19. The van der Waals surface area contributed by atoms with Crippen LogP contribution in [0, 0.1) is 5.92 Å². The van der Waals surface area contributed by atoms with Gasteiger partial charge in [-0.25, -0.2) is 0 Å². The van der Waals surface area contributed by atoms with E-state index in [4.69, 9.17) is 0 Å². The molecule has 0 spiro atoms. The number of aliphatic carboxylic acids is 1. The van der Waals surface area contributed by atoms with E-state index in [9.17, 15) is 14.7 Å². The van der Waals surface area contributed by atoms with E-state index in [2.05, 4.69) is 0 Å². The van der Waals surface area contributed by atoms with Crippen LogP contribution in [0.15, 0.2) is 54.6 Å². The van der Waals surface area contributed by atoms with Crippen molar-refractivity contribution in [2.75, 3.05) is 6.54 Å². The lowest BCUT2D eigenvalue weighted by atomic mass is 9.70. The van der Waals surface area contributed by atoms with E-state index in [0.717, 1.165) is 5.56 Å². The van der Waals surface area contributed by atoms with E-state index >= 15 is 0 Å². The predicted molar refractivity (Wildman–Crippen MR) is 101 cm³/mol. The van der Waals surface area contributed by atoms with Crippen molar-refractivity contribution in [3.63, 3.8) is 0 Å². The van der Waals surface area contributed by atoms with Gasteiger partial charge in [-0.3, -0.25) is 9.59 Å². The van der Waals surface area contributed by atoms with Gasteiger partial charge < -0.3 is 10.0 Å². The molecule has 4 heteroatoms. The first kappa shape index (κ1) is 18.2. The molecule has 26 heavy (non-hydrogen) atoms. The van der Waals surface area contributed by atoms with Crippen molar-refractivity contribution >= 4 is 11.9 Å². The van der Waals surface area contributed by atoms with Gasteiger partial charge in [0.05, 0.1) is 5.54 Å². The zero-order valence-corrected chi connectivity index (χ0v) is 15.5. The third kappa shape index (κ3) is 3.12. The number of fused-ring (bicyclic) bond motifs is 1. The summed E-state index contributed by atoms with van der Waals surface area (Å²) in [5.41, 5.74) is 1.32. The van der Waals surface area contributed by atoms with Crippen LogP contribution in [0.2, 0.25) is 0 Å². The molecule has 0 bridgehead atoms. The maximum absolute atomic E-state index is 13.3. The summed E-state index contributed by atoms with van der Waals surface area (Å²) in [5, 5.41) is 10.1. The van der Waals surface area contributed by atoms with E-state index in [1.54, 1.807) is 23.1 Å². The van der Waals surface area contributed by atoms with Crippen molar-refractivity contribution < 1.29 is 14.7 Å². The van der Waals surface area contributed by atoms with E-state index < -0.39 is 17.4 Å². The topological polar surface area (TPSA) is 57.6 Å². The van der Waals surface area contributed by atoms with Gasteiger partial charge in [-0.1, -0.05) is 62.4 Å². The highest BCUT2D eigenvalue weighted by atomic mass is 16.4. The van der Waals surface area contributed by atoms with Crippen LogP contribution in [0.1, 0.15) is 48.2 Å². The minimum atomic E-state index is -0.892. The first-order chi connectivity index (χ1) is 12.3. The molecule has 2 aromatic carbocycles. The second kappa shape index (κ2) is 6.94. The molecular weight excluding hydrogens is 326 g/mol. The van der Waals surface area contributed by atoms with Crippen LogP contribution >= 0.6 is 0 Å². The summed E-state index contributed by atoms with van der Waals surface area (Å²) in [7, 11) is 0. The summed E-state index contributed by atoms with van der Waals surface area (Å²) in [6.07, 6.45) is 0.498. The molecule has 1 N–H and O–H groups in total. The number of carboxylic acid groups (broad SMARTS) is 1. The normalized spacial score (nSPS) is 22.4. The molecule has 1 aliphatic rings. The Balaban J connectivity index is 2.18. The van der Waals surface area contributed by atoms with Gasteiger partial charge in [0.25, 0.3) is 5.91 Å². The smallest absolute Gasteiger partial charge is 0.313 e. The monoisotopic (exact) mass is 351 g/mol. The van der Waals surface area contributed by atoms with Crippen molar-refractivity contribution in [3.05, 3.63) is 71.3 Å². The van der Waals surface area contributed by atoms with Gasteiger partial charge in [-0.05, 0) is 36.5 Å². The number of carbonyl (C=O) groups excluding carboxylic acids is 1. The Bertz CT molecular complexity index is 815. The summed E-state index contributed by atoms with van der Waals surface area (Å²) >= 11 is 0. The van der Waals surface area contributed by atoms with Crippen LogP contribution in [0.3, 0.4) is 0 Å². The van der Waals surface area contributed by atoms with Gasteiger partial charge in [0.1, 0.15) is 5.92 Å². The number of nitrogens with zero attached hydrogens (tertiary/aromatic N) is 1. The van der Waals surface area contributed by atoms with Gasteiger partial charge in [-0.2, -0.15) is 0 Å². The van der Waals surface area contributed by atoms with Crippen molar-refractivity contribution in [2.45, 2.75) is 38.6 Å². The van der Waals surface area contributed by atoms with E-state index in [1.807, 2.05) is 57.2 Å². The Morgan fingerprint density at radius 2 is 1.73 bits per heavy atom. The minimum Gasteiger partial charge on any atom is -0.481 e. The fourth-order valence-corrected chi connectivity index (χ4v) is 4.07. The number of amides is 1. The zero-order chi connectivity index (χ0) is 18.9. The molecule has 0 aromatic heterocycles. The predicted octanol–water partition coefficient (Wildman–Crippen LogP) is 3.97. The summed E-state index contributed by atoms with van der Waals surface area (Å²) < 4.78 is 0. The zero-order valence-electron chi connectivity index (χ0n) is 15.5. The van der Waals surface area contributed by atoms with Crippen LogP contribution in [0.4, 0.5) is 0 Å². The highest BCUT2D eigenvalue weighted by molar-refractivity contribution is 6.01. The second-order valence-electron chi connectivity index (χ2n) is 7.69. The number of rotatable bonds is 5. The van der Waals surface area contributed by atoms with Crippen LogP contribution < -0.4 is 0 Å². The number of benzene rings is 2. The molecule has 1 aliphatic heterocycles. The van der Waals surface area contributed by atoms with Gasteiger partial charge >= 0.3 is 5.97 Å². The molecule has 2 unspecified atom stereocenters. The third-order valence-electron chi connectivity index (χ3n) is 5.19. The molecule has 0 fully saturated rings. The van der Waals surface area contributed by atoms with Gasteiger partial charge in [0.2, 0.25) is 0 Å². The molecule has 136 valence electrons. The van der Waals surface area contributed by atoms with Crippen LogP contribution in [-0.4, -0.2) is 34.0 Å². The standard InChI is InChI=1S/C22H25NO3/c1-15(2)14-23-20(24)18-12-8-7-11-17(18)19(21(25)26)22(23,3)13-16-9-5-4-6-10-16/h4-12,15,19H,13-14H2,1-3H3,(H,25,26). The molecule has 0 saturated heterocycles. The highest BCUT2D eigenvalue weighted by Crippen LogP contribution is 2.43. The fraction of sp³-hybridized carbons (Fsp3) is 0.364. The fourth-order valence-electron chi connectivity index (χ4n) is 4.07. The molecule has 4 nitrogen and oxygen atoms in total. The van der Waals surface area contributed by atoms with Crippen LogP contribution in [0.25, 0.3) is 0 Å². The maximum Gasteiger partial charge on any atom is 0.313 e. The Morgan fingerprint density at radius 3 is 2.35 bits per heavy atom. The Hall–Kier alpha value is -2.62. The SMILES string of the molecule is CC(C)CN1C(=O)c2ccccc2C(C(=O)O)C1(C)Cc1ccccc1. The lowest BCUT2D eigenvalue weighted by Crippen LogP contribution is -2.60.